The second-order valence-electron chi connectivity index (χ2n) is 4.83. The van der Waals surface area contributed by atoms with Gasteiger partial charge in [0.25, 0.3) is 0 Å². The fourth-order valence-corrected chi connectivity index (χ4v) is 2.37. The van der Waals surface area contributed by atoms with Crippen molar-refractivity contribution in [2.24, 2.45) is 0 Å². The lowest BCUT2D eigenvalue weighted by Gasteiger charge is -2.28. The van der Waals surface area contributed by atoms with E-state index in [2.05, 4.69) is 0 Å². The highest BCUT2D eigenvalue weighted by atomic mass is 19.1. The van der Waals surface area contributed by atoms with Crippen molar-refractivity contribution in [3.8, 4) is 11.5 Å². The number of halogens is 1. The predicted molar refractivity (Wildman–Crippen MR) is 79.2 cm³/mol. The van der Waals surface area contributed by atoms with E-state index in [1.54, 1.807) is 44.6 Å². The van der Waals surface area contributed by atoms with Gasteiger partial charge >= 0.3 is 0 Å². The van der Waals surface area contributed by atoms with Gasteiger partial charge in [0.05, 0.1) is 14.2 Å². The third kappa shape index (κ3) is 3.00. The van der Waals surface area contributed by atoms with Gasteiger partial charge in [0.15, 0.2) is 0 Å². The van der Waals surface area contributed by atoms with E-state index in [-0.39, 0.29) is 5.82 Å². The molecule has 0 bridgehead atoms. The maximum atomic E-state index is 13.5. The standard InChI is InChI=1S/C17H19FO3/c1-4-17(19,12-6-5-7-14(18)8-12)13-9-15(20-2)11-16(10-13)21-3/h5-11,19H,4H2,1-3H3. The Morgan fingerprint density at radius 2 is 1.62 bits per heavy atom. The zero-order valence-corrected chi connectivity index (χ0v) is 12.4. The normalized spacial score (nSPS) is 13.6. The molecule has 4 heteroatoms. The third-order valence-electron chi connectivity index (χ3n) is 3.64. The number of rotatable bonds is 5. The van der Waals surface area contributed by atoms with Crippen molar-refractivity contribution in [1.29, 1.82) is 0 Å². The summed E-state index contributed by atoms with van der Waals surface area (Å²) in [5.74, 6) is 0.773. The minimum atomic E-state index is -1.30. The molecule has 0 aliphatic carbocycles. The van der Waals surface area contributed by atoms with Gasteiger partial charge in [-0.1, -0.05) is 19.1 Å². The van der Waals surface area contributed by atoms with Crippen LogP contribution >= 0.6 is 0 Å². The van der Waals surface area contributed by atoms with Gasteiger partial charge in [0, 0.05) is 6.07 Å². The maximum Gasteiger partial charge on any atom is 0.123 e. The first-order valence-corrected chi connectivity index (χ1v) is 6.75. The van der Waals surface area contributed by atoms with Crippen molar-refractivity contribution in [1.82, 2.24) is 0 Å². The highest BCUT2D eigenvalue weighted by Crippen LogP contribution is 2.37. The molecule has 0 saturated carbocycles. The van der Waals surface area contributed by atoms with Gasteiger partial charge in [-0.2, -0.15) is 0 Å². The molecule has 2 aromatic rings. The van der Waals surface area contributed by atoms with Gasteiger partial charge < -0.3 is 14.6 Å². The molecule has 0 aliphatic heterocycles. The summed E-state index contributed by atoms with van der Waals surface area (Å²) in [6, 6.07) is 11.2. The quantitative estimate of drug-likeness (QED) is 0.916. The van der Waals surface area contributed by atoms with Crippen molar-refractivity contribution in [2.75, 3.05) is 14.2 Å². The summed E-state index contributed by atoms with van der Waals surface area (Å²) in [5.41, 5.74) is -0.198. The summed E-state index contributed by atoms with van der Waals surface area (Å²) in [6.45, 7) is 1.84. The first-order chi connectivity index (χ1) is 10.0. The highest BCUT2D eigenvalue weighted by molar-refractivity contribution is 5.45. The van der Waals surface area contributed by atoms with E-state index < -0.39 is 5.60 Å². The van der Waals surface area contributed by atoms with E-state index in [1.807, 2.05) is 6.92 Å². The summed E-state index contributed by atoms with van der Waals surface area (Å²) < 4.78 is 23.9. The molecule has 0 spiro atoms. The molecule has 0 saturated heterocycles. The number of hydrogen-bond acceptors (Lipinski definition) is 3. The van der Waals surface area contributed by atoms with Crippen LogP contribution in [0.1, 0.15) is 24.5 Å². The molecule has 3 nitrogen and oxygen atoms in total. The van der Waals surface area contributed by atoms with Gasteiger partial charge in [0.1, 0.15) is 22.9 Å². The second-order valence-corrected chi connectivity index (χ2v) is 4.83. The minimum Gasteiger partial charge on any atom is -0.497 e. The number of ether oxygens (including phenoxy) is 2. The summed E-state index contributed by atoms with van der Waals surface area (Å²) in [5, 5.41) is 11.0. The van der Waals surface area contributed by atoms with E-state index in [0.717, 1.165) is 0 Å². The Hall–Kier alpha value is -2.07. The van der Waals surface area contributed by atoms with Crippen LogP contribution in [0.25, 0.3) is 0 Å². The topological polar surface area (TPSA) is 38.7 Å². The van der Waals surface area contributed by atoms with Crippen molar-refractivity contribution < 1.29 is 19.0 Å². The predicted octanol–water partition coefficient (Wildman–Crippen LogP) is 3.49. The Balaban J connectivity index is 2.59. The monoisotopic (exact) mass is 290 g/mol. The first kappa shape index (κ1) is 15.3. The Labute approximate surface area is 124 Å². The Kier molecular flexibility index (Phi) is 4.48. The largest absolute Gasteiger partial charge is 0.497 e. The van der Waals surface area contributed by atoms with Crippen molar-refractivity contribution >= 4 is 0 Å². The zero-order chi connectivity index (χ0) is 15.5. The molecular formula is C17H19FO3. The van der Waals surface area contributed by atoms with Crippen LogP contribution in [0.3, 0.4) is 0 Å². The maximum absolute atomic E-state index is 13.5. The fourth-order valence-electron chi connectivity index (χ4n) is 2.37. The Morgan fingerprint density at radius 1 is 1.00 bits per heavy atom. The van der Waals surface area contributed by atoms with Crippen LogP contribution in [0.15, 0.2) is 42.5 Å². The molecule has 2 rings (SSSR count). The summed E-state index contributed by atoms with van der Waals surface area (Å²) in [4.78, 5) is 0. The first-order valence-electron chi connectivity index (χ1n) is 6.75. The molecule has 112 valence electrons. The minimum absolute atomic E-state index is 0.380. The SMILES string of the molecule is CCC(O)(c1cccc(F)c1)c1cc(OC)cc(OC)c1. The van der Waals surface area contributed by atoms with Crippen LogP contribution in [0, 0.1) is 5.82 Å². The molecule has 0 amide bonds. The van der Waals surface area contributed by atoms with Crippen LogP contribution in [-0.2, 0) is 5.60 Å². The average Bonchev–Trinajstić information content (AvgIpc) is 2.53. The molecule has 21 heavy (non-hydrogen) atoms. The van der Waals surface area contributed by atoms with Crippen molar-refractivity contribution in [3.63, 3.8) is 0 Å². The molecule has 0 radical (unpaired) electrons. The number of hydrogen-bond donors (Lipinski definition) is 1. The average molecular weight is 290 g/mol. The van der Waals surface area contributed by atoms with Crippen LogP contribution in [0.5, 0.6) is 11.5 Å². The van der Waals surface area contributed by atoms with Gasteiger partial charge in [-0.3, -0.25) is 0 Å². The smallest absolute Gasteiger partial charge is 0.123 e. The summed E-state index contributed by atoms with van der Waals surface area (Å²) in [6.07, 6.45) is 0.396. The Bertz CT molecular complexity index is 605. The molecule has 1 N–H and O–H groups in total. The molecule has 0 fully saturated rings. The summed E-state index contributed by atoms with van der Waals surface area (Å²) in [7, 11) is 3.09. The van der Waals surface area contributed by atoms with Crippen molar-refractivity contribution in [3.05, 3.63) is 59.4 Å². The molecule has 0 heterocycles. The van der Waals surface area contributed by atoms with Gasteiger partial charge in [-0.25, -0.2) is 4.39 Å². The molecule has 0 aromatic heterocycles. The number of methoxy groups -OCH3 is 2. The molecule has 2 aromatic carbocycles. The lowest BCUT2D eigenvalue weighted by Crippen LogP contribution is -2.26. The third-order valence-corrected chi connectivity index (χ3v) is 3.64. The van der Waals surface area contributed by atoms with E-state index in [1.165, 1.54) is 12.1 Å². The molecule has 0 aliphatic rings. The number of benzene rings is 2. The Morgan fingerprint density at radius 3 is 2.10 bits per heavy atom. The highest BCUT2D eigenvalue weighted by Gasteiger charge is 2.31. The second kappa shape index (κ2) is 6.14. The van der Waals surface area contributed by atoms with Gasteiger partial charge in [-0.15, -0.1) is 0 Å². The van der Waals surface area contributed by atoms with Crippen molar-refractivity contribution in [2.45, 2.75) is 18.9 Å². The van der Waals surface area contributed by atoms with Crippen LogP contribution < -0.4 is 9.47 Å². The molecule has 1 atom stereocenters. The fraction of sp³-hybridized carbons (Fsp3) is 0.294. The van der Waals surface area contributed by atoms with Crippen LogP contribution in [-0.4, -0.2) is 19.3 Å². The molecular weight excluding hydrogens is 271 g/mol. The summed E-state index contributed by atoms with van der Waals surface area (Å²) >= 11 is 0. The van der Waals surface area contributed by atoms with E-state index in [4.69, 9.17) is 9.47 Å². The van der Waals surface area contributed by atoms with Gasteiger partial charge in [-0.05, 0) is 41.8 Å². The van der Waals surface area contributed by atoms with Crippen LogP contribution in [0.2, 0.25) is 0 Å². The zero-order valence-electron chi connectivity index (χ0n) is 12.4. The lowest BCUT2D eigenvalue weighted by molar-refractivity contribution is 0.0757. The van der Waals surface area contributed by atoms with E-state index in [9.17, 15) is 9.50 Å². The number of aliphatic hydroxyl groups is 1. The van der Waals surface area contributed by atoms with E-state index >= 15 is 0 Å². The van der Waals surface area contributed by atoms with Gasteiger partial charge in [0.2, 0.25) is 0 Å². The van der Waals surface area contributed by atoms with E-state index in [0.29, 0.717) is 29.0 Å². The molecule has 1 unspecified atom stereocenters. The lowest BCUT2D eigenvalue weighted by atomic mass is 9.84. The van der Waals surface area contributed by atoms with Crippen LogP contribution in [0.4, 0.5) is 4.39 Å².